The number of nitrogens with one attached hydrogen (secondary N) is 1. The fourth-order valence-electron chi connectivity index (χ4n) is 1.15. The molecule has 0 saturated carbocycles. The van der Waals surface area contributed by atoms with Gasteiger partial charge in [-0.3, -0.25) is 0 Å². The summed E-state index contributed by atoms with van der Waals surface area (Å²) in [5, 5.41) is 1.09. The van der Waals surface area contributed by atoms with Crippen LogP contribution in [0.1, 0.15) is 5.56 Å². The highest BCUT2D eigenvalue weighted by molar-refractivity contribution is 7.80. The minimum absolute atomic E-state index is 0.575. The van der Waals surface area contributed by atoms with Crippen molar-refractivity contribution in [3.05, 3.63) is 30.1 Å². The van der Waals surface area contributed by atoms with E-state index in [4.69, 9.17) is 0 Å². The Hall–Kier alpha value is -1.40. The summed E-state index contributed by atoms with van der Waals surface area (Å²) in [4.78, 5) is 7.24. The summed E-state index contributed by atoms with van der Waals surface area (Å²) in [6.07, 6.45) is 3.63. The summed E-state index contributed by atoms with van der Waals surface area (Å²) in [5.74, 6) is 6.43. The number of hydrogen-bond donors (Lipinski definition) is 2. The van der Waals surface area contributed by atoms with E-state index in [1.165, 1.54) is 0 Å². The lowest BCUT2D eigenvalue weighted by molar-refractivity contribution is 1.32. The van der Waals surface area contributed by atoms with Crippen LogP contribution in [0, 0.1) is 11.8 Å². The maximum Gasteiger partial charge on any atom is 0.137 e. The van der Waals surface area contributed by atoms with Gasteiger partial charge in [0.25, 0.3) is 0 Å². The summed E-state index contributed by atoms with van der Waals surface area (Å²) in [7, 11) is 0. The Morgan fingerprint density at radius 1 is 1.54 bits per heavy atom. The molecule has 3 heteroatoms. The number of nitrogens with zero attached hydrogens (tertiary/aromatic N) is 1. The van der Waals surface area contributed by atoms with Gasteiger partial charge in [-0.1, -0.05) is 11.8 Å². The van der Waals surface area contributed by atoms with Crippen LogP contribution in [-0.4, -0.2) is 15.7 Å². The second kappa shape index (κ2) is 3.55. The van der Waals surface area contributed by atoms with Gasteiger partial charge >= 0.3 is 0 Å². The van der Waals surface area contributed by atoms with Crippen molar-refractivity contribution in [3.8, 4) is 11.8 Å². The van der Waals surface area contributed by atoms with Gasteiger partial charge < -0.3 is 4.98 Å². The van der Waals surface area contributed by atoms with E-state index in [2.05, 4.69) is 34.4 Å². The van der Waals surface area contributed by atoms with E-state index in [0.29, 0.717) is 5.75 Å². The number of H-pyrrole nitrogens is 1. The highest BCUT2D eigenvalue weighted by atomic mass is 32.1. The zero-order chi connectivity index (χ0) is 9.10. The van der Waals surface area contributed by atoms with Gasteiger partial charge in [-0.05, 0) is 12.1 Å². The van der Waals surface area contributed by atoms with Crippen molar-refractivity contribution < 1.29 is 0 Å². The van der Waals surface area contributed by atoms with E-state index in [1.807, 2.05) is 18.3 Å². The Labute approximate surface area is 81.8 Å². The molecule has 2 aromatic rings. The molecule has 0 bridgehead atoms. The van der Waals surface area contributed by atoms with Gasteiger partial charge in [0.2, 0.25) is 0 Å². The Bertz CT molecular complexity index is 476. The van der Waals surface area contributed by atoms with Crippen molar-refractivity contribution in [2.24, 2.45) is 0 Å². The van der Waals surface area contributed by atoms with Crippen molar-refractivity contribution in [3.63, 3.8) is 0 Å². The van der Waals surface area contributed by atoms with Crippen molar-refractivity contribution >= 4 is 23.7 Å². The average Bonchev–Trinajstić information content (AvgIpc) is 2.61. The second-order valence-electron chi connectivity index (χ2n) is 2.60. The van der Waals surface area contributed by atoms with E-state index in [1.54, 1.807) is 6.20 Å². The third-order valence-corrected chi connectivity index (χ3v) is 1.87. The van der Waals surface area contributed by atoms with Crippen LogP contribution in [0.3, 0.4) is 0 Å². The maximum atomic E-state index is 4.21. The first kappa shape index (κ1) is 8.21. The lowest BCUT2D eigenvalue weighted by Crippen LogP contribution is -1.79. The summed E-state index contributed by atoms with van der Waals surface area (Å²) in [6, 6.07) is 3.99. The molecule has 13 heavy (non-hydrogen) atoms. The molecule has 0 aliphatic rings. The van der Waals surface area contributed by atoms with Crippen LogP contribution >= 0.6 is 12.6 Å². The molecule has 64 valence electrons. The molecule has 0 aliphatic heterocycles. The zero-order valence-electron chi connectivity index (χ0n) is 6.91. The molecule has 0 amide bonds. The minimum atomic E-state index is 0.575. The Morgan fingerprint density at radius 2 is 2.46 bits per heavy atom. The molecule has 0 spiro atoms. The lowest BCUT2D eigenvalue weighted by Gasteiger charge is -1.90. The number of hydrogen-bond acceptors (Lipinski definition) is 2. The van der Waals surface area contributed by atoms with Crippen molar-refractivity contribution in [1.82, 2.24) is 9.97 Å². The molecule has 0 atom stereocenters. The standard InChI is InChI=1S/C10H8N2S/c13-5-1-2-8-6-9-3-4-11-10(9)12-7-8/h3-4,6-7,13H,5H2,(H,11,12). The Balaban J connectivity index is 2.48. The normalized spacial score (nSPS) is 9.62. The van der Waals surface area contributed by atoms with E-state index >= 15 is 0 Å². The van der Waals surface area contributed by atoms with Crippen LogP contribution in [0.5, 0.6) is 0 Å². The highest BCUT2D eigenvalue weighted by Gasteiger charge is 1.94. The van der Waals surface area contributed by atoms with Crippen molar-refractivity contribution in [2.75, 3.05) is 5.75 Å². The monoisotopic (exact) mass is 188 g/mol. The van der Waals surface area contributed by atoms with Gasteiger partial charge in [-0.2, -0.15) is 12.6 Å². The molecule has 2 rings (SSSR count). The predicted molar refractivity (Wildman–Crippen MR) is 56.8 cm³/mol. The van der Waals surface area contributed by atoms with Gasteiger partial charge in [0, 0.05) is 23.3 Å². The summed E-state index contributed by atoms with van der Waals surface area (Å²) < 4.78 is 0. The average molecular weight is 188 g/mol. The molecule has 0 fully saturated rings. The molecular formula is C10H8N2S. The topological polar surface area (TPSA) is 28.7 Å². The van der Waals surface area contributed by atoms with Crippen LogP contribution < -0.4 is 0 Å². The third kappa shape index (κ3) is 1.68. The lowest BCUT2D eigenvalue weighted by atomic mass is 10.2. The van der Waals surface area contributed by atoms with Crippen LogP contribution in [0.2, 0.25) is 0 Å². The van der Waals surface area contributed by atoms with Crippen molar-refractivity contribution in [2.45, 2.75) is 0 Å². The molecule has 2 aromatic heterocycles. The molecule has 0 unspecified atom stereocenters. The Kier molecular flexibility index (Phi) is 2.24. The number of fused-ring (bicyclic) bond motifs is 1. The summed E-state index contributed by atoms with van der Waals surface area (Å²) in [5.41, 5.74) is 1.83. The molecule has 0 aromatic carbocycles. The largest absolute Gasteiger partial charge is 0.346 e. The maximum absolute atomic E-state index is 4.21. The molecular weight excluding hydrogens is 180 g/mol. The highest BCUT2D eigenvalue weighted by Crippen LogP contribution is 2.10. The minimum Gasteiger partial charge on any atom is -0.346 e. The first-order valence-corrected chi connectivity index (χ1v) is 4.56. The summed E-state index contributed by atoms with van der Waals surface area (Å²) >= 11 is 4.01. The molecule has 1 N–H and O–H groups in total. The first-order chi connectivity index (χ1) is 6.40. The third-order valence-electron chi connectivity index (χ3n) is 1.71. The second-order valence-corrected chi connectivity index (χ2v) is 2.92. The summed E-state index contributed by atoms with van der Waals surface area (Å²) in [6.45, 7) is 0. The van der Waals surface area contributed by atoms with Crippen LogP contribution in [0.4, 0.5) is 0 Å². The predicted octanol–water partition coefficient (Wildman–Crippen LogP) is 1.84. The van der Waals surface area contributed by atoms with Crippen molar-refractivity contribution in [1.29, 1.82) is 0 Å². The first-order valence-electron chi connectivity index (χ1n) is 3.93. The smallest absolute Gasteiger partial charge is 0.137 e. The quantitative estimate of drug-likeness (QED) is 0.479. The Morgan fingerprint density at radius 3 is 3.31 bits per heavy atom. The van der Waals surface area contributed by atoms with Crippen LogP contribution in [0.15, 0.2) is 24.5 Å². The fraction of sp³-hybridized carbons (Fsp3) is 0.100. The molecule has 2 heterocycles. The van der Waals surface area contributed by atoms with Gasteiger partial charge in [0.15, 0.2) is 0 Å². The van der Waals surface area contributed by atoms with E-state index in [-0.39, 0.29) is 0 Å². The fourth-order valence-corrected chi connectivity index (χ4v) is 1.23. The van der Waals surface area contributed by atoms with Crippen LogP contribution in [0.25, 0.3) is 11.0 Å². The molecule has 0 saturated heterocycles. The zero-order valence-corrected chi connectivity index (χ0v) is 7.81. The van der Waals surface area contributed by atoms with E-state index < -0.39 is 0 Å². The molecule has 0 aliphatic carbocycles. The molecule has 0 radical (unpaired) electrons. The van der Waals surface area contributed by atoms with Gasteiger partial charge in [-0.15, -0.1) is 0 Å². The molecule has 2 nitrogen and oxygen atoms in total. The van der Waals surface area contributed by atoms with E-state index in [9.17, 15) is 0 Å². The number of aromatic amines is 1. The van der Waals surface area contributed by atoms with Gasteiger partial charge in [0.1, 0.15) is 5.65 Å². The van der Waals surface area contributed by atoms with E-state index in [0.717, 1.165) is 16.6 Å². The number of thiol groups is 1. The van der Waals surface area contributed by atoms with Crippen LogP contribution in [-0.2, 0) is 0 Å². The number of aromatic nitrogens is 2. The SMILES string of the molecule is SCC#Cc1cnc2[nH]ccc2c1. The number of pyridine rings is 1. The van der Waals surface area contributed by atoms with Gasteiger partial charge in [0.05, 0.1) is 5.75 Å². The van der Waals surface area contributed by atoms with Gasteiger partial charge in [-0.25, -0.2) is 4.98 Å². The number of rotatable bonds is 0.